The molecule has 92 valence electrons. The van der Waals surface area contributed by atoms with E-state index in [1.807, 2.05) is 13.0 Å². The average molecular weight is 325 g/mol. The predicted octanol–water partition coefficient (Wildman–Crippen LogP) is 4.22. The minimum absolute atomic E-state index is 0.129. The number of aryl methyl sites for hydroxylation is 1. The monoisotopic (exact) mass is 323 g/mol. The Bertz CT molecular complexity index is 625. The fraction of sp³-hybridized carbons (Fsp3) is 0.0714. The van der Waals surface area contributed by atoms with Gasteiger partial charge in [-0.1, -0.05) is 39.7 Å². The quantitative estimate of drug-likeness (QED) is 0.664. The molecular weight excluding hydrogens is 314 g/mol. The van der Waals surface area contributed by atoms with Crippen LogP contribution in [0.2, 0.25) is 5.02 Å². The molecule has 0 heterocycles. The molecule has 0 fully saturated rings. The smallest absolute Gasteiger partial charge is 0.195 e. The van der Waals surface area contributed by atoms with Crippen molar-refractivity contribution in [3.05, 3.63) is 62.6 Å². The minimum atomic E-state index is -0.129. The van der Waals surface area contributed by atoms with Crippen molar-refractivity contribution in [1.29, 1.82) is 0 Å². The molecule has 0 aliphatic carbocycles. The van der Waals surface area contributed by atoms with Crippen LogP contribution in [-0.4, -0.2) is 5.78 Å². The number of anilines is 1. The van der Waals surface area contributed by atoms with Crippen molar-refractivity contribution in [2.24, 2.45) is 0 Å². The van der Waals surface area contributed by atoms with Gasteiger partial charge in [-0.3, -0.25) is 4.79 Å². The van der Waals surface area contributed by atoms with Crippen molar-refractivity contribution in [2.45, 2.75) is 6.92 Å². The molecule has 0 aliphatic rings. The first-order valence-corrected chi connectivity index (χ1v) is 6.52. The van der Waals surface area contributed by atoms with Crippen molar-refractivity contribution < 1.29 is 4.79 Å². The van der Waals surface area contributed by atoms with Crippen molar-refractivity contribution >= 4 is 39.0 Å². The summed E-state index contributed by atoms with van der Waals surface area (Å²) in [6.45, 7) is 1.89. The number of halogens is 2. The van der Waals surface area contributed by atoms with Gasteiger partial charge in [-0.2, -0.15) is 0 Å². The minimum Gasteiger partial charge on any atom is -0.398 e. The van der Waals surface area contributed by atoms with Crippen LogP contribution in [0.1, 0.15) is 21.5 Å². The molecule has 2 aromatic rings. The summed E-state index contributed by atoms with van der Waals surface area (Å²) in [5.74, 6) is -0.129. The van der Waals surface area contributed by atoms with Gasteiger partial charge in [-0.15, -0.1) is 0 Å². The van der Waals surface area contributed by atoms with E-state index in [0.717, 1.165) is 10.0 Å². The first kappa shape index (κ1) is 13.1. The highest BCUT2D eigenvalue weighted by atomic mass is 79.9. The van der Waals surface area contributed by atoms with Crippen molar-refractivity contribution in [1.82, 2.24) is 0 Å². The number of carbonyl (C=O) groups is 1. The van der Waals surface area contributed by atoms with E-state index in [2.05, 4.69) is 15.9 Å². The van der Waals surface area contributed by atoms with Crippen LogP contribution in [0.15, 0.2) is 40.9 Å². The summed E-state index contributed by atoms with van der Waals surface area (Å²) in [5.41, 5.74) is 8.23. The summed E-state index contributed by atoms with van der Waals surface area (Å²) in [7, 11) is 0. The van der Waals surface area contributed by atoms with E-state index < -0.39 is 0 Å². The lowest BCUT2D eigenvalue weighted by Gasteiger charge is -2.07. The Balaban J connectivity index is 2.47. The third-order valence-corrected chi connectivity index (χ3v) is 3.59. The Morgan fingerprint density at radius 3 is 2.61 bits per heavy atom. The topological polar surface area (TPSA) is 43.1 Å². The van der Waals surface area contributed by atoms with Crippen LogP contribution in [-0.2, 0) is 0 Å². The molecule has 0 bridgehead atoms. The molecule has 0 aromatic heterocycles. The molecule has 4 heteroatoms. The molecule has 0 saturated heterocycles. The fourth-order valence-corrected chi connectivity index (χ4v) is 2.16. The van der Waals surface area contributed by atoms with E-state index in [1.54, 1.807) is 30.3 Å². The van der Waals surface area contributed by atoms with Gasteiger partial charge in [0.05, 0.1) is 0 Å². The van der Waals surface area contributed by atoms with E-state index in [9.17, 15) is 4.79 Å². The SMILES string of the molecule is Cc1ccc(C(=O)c2cc(Br)ccc2N)cc1Cl. The molecule has 0 radical (unpaired) electrons. The van der Waals surface area contributed by atoms with Gasteiger partial charge >= 0.3 is 0 Å². The van der Waals surface area contributed by atoms with Gasteiger partial charge in [-0.25, -0.2) is 0 Å². The lowest BCUT2D eigenvalue weighted by Crippen LogP contribution is -2.05. The highest BCUT2D eigenvalue weighted by Gasteiger charge is 2.13. The van der Waals surface area contributed by atoms with Gasteiger partial charge in [0, 0.05) is 26.3 Å². The lowest BCUT2D eigenvalue weighted by molar-refractivity contribution is 0.103. The van der Waals surface area contributed by atoms with Crippen LogP contribution in [0, 0.1) is 6.92 Å². The van der Waals surface area contributed by atoms with Gasteiger partial charge in [0.25, 0.3) is 0 Å². The maximum absolute atomic E-state index is 12.3. The normalized spacial score (nSPS) is 10.4. The van der Waals surface area contributed by atoms with E-state index in [0.29, 0.717) is 21.8 Å². The summed E-state index contributed by atoms with van der Waals surface area (Å²) in [4.78, 5) is 12.3. The van der Waals surface area contributed by atoms with Crippen LogP contribution in [0.4, 0.5) is 5.69 Å². The Labute approximate surface area is 119 Å². The summed E-state index contributed by atoms with van der Waals surface area (Å²) < 4.78 is 0.818. The molecule has 0 spiro atoms. The first-order chi connectivity index (χ1) is 8.49. The Kier molecular flexibility index (Phi) is 3.73. The molecule has 18 heavy (non-hydrogen) atoms. The fourth-order valence-electron chi connectivity index (χ4n) is 1.61. The van der Waals surface area contributed by atoms with Crippen LogP contribution < -0.4 is 5.73 Å². The third-order valence-electron chi connectivity index (χ3n) is 2.69. The second-order valence-corrected chi connectivity index (χ2v) is 5.35. The first-order valence-electron chi connectivity index (χ1n) is 5.35. The largest absolute Gasteiger partial charge is 0.398 e. The Hall–Kier alpha value is -1.32. The molecule has 0 saturated carbocycles. The highest BCUT2D eigenvalue weighted by Crippen LogP contribution is 2.24. The summed E-state index contributed by atoms with van der Waals surface area (Å²) in [6, 6.07) is 10.5. The number of benzene rings is 2. The number of ketones is 1. The number of hydrogen-bond donors (Lipinski definition) is 1. The molecule has 0 aliphatic heterocycles. The molecule has 0 atom stereocenters. The number of nitrogens with two attached hydrogens (primary N) is 1. The maximum Gasteiger partial charge on any atom is 0.195 e. The number of carbonyl (C=O) groups excluding carboxylic acids is 1. The van der Waals surface area contributed by atoms with Gasteiger partial charge in [0.2, 0.25) is 0 Å². The van der Waals surface area contributed by atoms with Gasteiger partial charge in [0.15, 0.2) is 5.78 Å². The lowest BCUT2D eigenvalue weighted by atomic mass is 10.0. The molecule has 0 amide bonds. The molecule has 2 aromatic carbocycles. The molecular formula is C14H11BrClNO. The van der Waals surface area contributed by atoms with Crippen LogP contribution in [0.3, 0.4) is 0 Å². The number of nitrogen functional groups attached to an aromatic ring is 1. The third kappa shape index (κ3) is 2.57. The van der Waals surface area contributed by atoms with E-state index in [4.69, 9.17) is 17.3 Å². The standard InChI is InChI=1S/C14H11BrClNO/c1-8-2-3-9(6-12(8)16)14(18)11-7-10(15)4-5-13(11)17/h2-7H,17H2,1H3. The van der Waals surface area contributed by atoms with Crippen LogP contribution in [0.25, 0.3) is 0 Å². The van der Waals surface area contributed by atoms with Gasteiger partial charge in [0.1, 0.15) is 0 Å². The van der Waals surface area contributed by atoms with Gasteiger partial charge < -0.3 is 5.73 Å². The van der Waals surface area contributed by atoms with Crippen LogP contribution in [0.5, 0.6) is 0 Å². The van der Waals surface area contributed by atoms with Crippen molar-refractivity contribution in [3.63, 3.8) is 0 Å². The summed E-state index contributed by atoms with van der Waals surface area (Å²) in [6.07, 6.45) is 0. The van der Waals surface area contributed by atoms with E-state index >= 15 is 0 Å². The van der Waals surface area contributed by atoms with Crippen molar-refractivity contribution in [3.8, 4) is 0 Å². The number of rotatable bonds is 2. The molecule has 2 nitrogen and oxygen atoms in total. The molecule has 2 rings (SSSR count). The number of hydrogen-bond acceptors (Lipinski definition) is 2. The zero-order chi connectivity index (χ0) is 13.3. The molecule has 0 unspecified atom stereocenters. The molecule has 2 N–H and O–H groups in total. The zero-order valence-corrected chi connectivity index (χ0v) is 12.0. The van der Waals surface area contributed by atoms with Gasteiger partial charge in [-0.05, 0) is 36.8 Å². The Morgan fingerprint density at radius 2 is 1.94 bits per heavy atom. The maximum atomic E-state index is 12.3. The zero-order valence-electron chi connectivity index (χ0n) is 9.71. The highest BCUT2D eigenvalue weighted by molar-refractivity contribution is 9.10. The second-order valence-electron chi connectivity index (χ2n) is 4.02. The van der Waals surface area contributed by atoms with E-state index in [1.165, 1.54) is 0 Å². The van der Waals surface area contributed by atoms with E-state index in [-0.39, 0.29) is 5.78 Å². The summed E-state index contributed by atoms with van der Waals surface area (Å²) in [5, 5.41) is 0.578. The average Bonchev–Trinajstić information content (AvgIpc) is 2.35. The van der Waals surface area contributed by atoms with Crippen molar-refractivity contribution in [2.75, 3.05) is 5.73 Å². The Morgan fingerprint density at radius 1 is 1.22 bits per heavy atom. The second kappa shape index (κ2) is 5.12. The van der Waals surface area contributed by atoms with Crippen LogP contribution >= 0.6 is 27.5 Å². The predicted molar refractivity (Wildman–Crippen MR) is 78.2 cm³/mol. The summed E-state index contributed by atoms with van der Waals surface area (Å²) >= 11 is 9.35.